The molecule has 0 aliphatic carbocycles. The number of rotatable bonds is 4. The number of nitrogens with two attached hydrogens (primary N) is 4. The molecule has 10 N–H and O–H groups in total. The molecule has 0 spiro atoms. The van der Waals surface area contributed by atoms with Crippen molar-refractivity contribution in [2.24, 2.45) is 0 Å². The highest BCUT2D eigenvalue weighted by atomic mass is 16.5. The van der Waals surface area contributed by atoms with Gasteiger partial charge in [0.05, 0.1) is 17.0 Å². The van der Waals surface area contributed by atoms with Crippen LogP contribution in [0.3, 0.4) is 0 Å². The van der Waals surface area contributed by atoms with Crippen LogP contribution in [0.1, 0.15) is 11.4 Å². The summed E-state index contributed by atoms with van der Waals surface area (Å²) in [6, 6.07) is 0. The maximum atomic E-state index is 5.85. The van der Waals surface area contributed by atoms with Gasteiger partial charge in [0.25, 0.3) is 5.88 Å². The third-order valence-corrected chi connectivity index (χ3v) is 3.71. The summed E-state index contributed by atoms with van der Waals surface area (Å²) < 4.78 is 5.69. The van der Waals surface area contributed by atoms with Gasteiger partial charge in [-0.15, -0.1) is 0 Å². The molecule has 4 heterocycles. The Hall–Kier alpha value is -4.09. The Bertz CT molecular complexity index is 973. The van der Waals surface area contributed by atoms with Crippen molar-refractivity contribution < 1.29 is 4.74 Å². The molecule has 0 fully saturated rings. The molecule has 0 saturated heterocycles. The van der Waals surface area contributed by atoms with E-state index in [0.29, 0.717) is 29.2 Å². The largest absolute Gasteiger partial charge is 0.416 e. The highest BCUT2D eigenvalue weighted by Gasteiger charge is 2.20. The summed E-state index contributed by atoms with van der Waals surface area (Å²) in [5.74, 6) is 1.25. The maximum absolute atomic E-state index is 5.85. The van der Waals surface area contributed by atoms with Crippen LogP contribution in [-0.2, 0) is 6.42 Å². The van der Waals surface area contributed by atoms with Crippen LogP contribution >= 0.6 is 0 Å². The van der Waals surface area contributed by atoms with Crippen LogP contribution in [0.5, 0.6) is 11.8 Å². The minimum Gasteiger partial charge on any atom is -0.416 e. The van der Waals surface area contributed by atoms with Gasteiger partial charge < -0.3 is 37.6 Å². The van der Waals surface area contributed by atoms with Gasteiger partial charge in [-0.25, -0.2) is 9.97 Å². The summed E-state index contributed by atoms with van der Waals surface area (Å²) >= 11 is 0. The number of H-pyrrole nitrogens is 2. The van der Waals surface area contributed by atoms with E-state index in [1.54, 1.807) is 12.4 Å². The number of imidazole rings is 2. The molecule has 26 heavy (non-hydrogen) atoms. The predicted octanol–water partition coefficient (Wildman–Crippen LogP) is 0.135. The molecule has 0 amide bonds. The number of hydrogen-bond donors (Lipinski definition) is 6. The Labute approximate surface area is 146 Å². The van der Waals surface area contributed by atoms with Crippen LogP contribution in [0, 0.1) is 0 Å². The van der Waals surface area contributed by atoms with Crippen molar-refractivity contribution in [1.29, 1.82) is 0 Å². The van der Waals surface area contributed by atoms with Crippen molar-refractivity contribution in [3.8, 4) is 22.9 Å². The Morgan fingerprint density at radius 2 is 1.65 bits per heavy atom. The van der Waals surface area contributed by atoms with Crippen LogP contribution in [0.25, 0.3) is 11.1 Å². The van der Waals surface area contributed by atoms with Gasteiger partial charge in [0.15, 0.2) is 11.8 Å². The molecule has 0 aromatic carbocycles. The summed E-state index contributed by atoms with van der Waals surface area (Å²) in [6.07, 6.45) is 5.00. The minimum atomic E-state index is 0.121. The zero-order valence-electron chi connectivity index (χ0n) is 13.4. The molecule has 0 atom stereocenters. The van der Waals surface area contributed by atoms with E-state index in [-0.39, 0.29) is 29.5 Å². The number of nitrogens with one attached hydrogen (secondary N) is 2. The van der Waals surface area contributed by atoms with Crippen LogP contribution in [0.15, 0.2) is 18.7 Å². The molecule has 0 bridgehead atoms. The van der Waals surface area contributed by atoms with Gasteiger partial charge in [-0.05, 0) is 0 Å². The zero-order valence-corrected chi connectivity index (χ0v) is 13.4. The van der Waals surface area contributed by atoms with Crippen molar-refractivity contribution in [2.75, 3.05) is 22.9 Å². The molecule has 12 heteroatoms. The predicted molar refractivity (Wildman–Crippen MR) is 94.2 cm³/mol. The molecule has 2 aliphatic heterocycles. The first-order chi connectivity index (χ1) is 12.5. The SMILES string of the molecule is Nc1nc(Oc2ncnc(Cc3[nH]c(N)nc3N)c3cncc2-3)c(N)[nH]1. The van der Waals surface area contributed by atoms with Crippen molar-refractivity contribution >= 4 is 23.5 Å². The van der Waals surface area contributed by atoms with E-state index in [4.69, 9.17) is 27.7 Å². The van der Waals surface area contributed by atoms with E-state index < -0.39 is 0 Å². The van der Waals surface area contributed by atoms with Gasteiger partial charge in [0, 0.05) is 24.4 Å². The lowest BCUT2D eigenvalue weighted by molar-refractivity contribution is 0.452. The van der Waals surface area contributed by atoms with Crippen LogP contribution < -0.4 is 27.7 Å². The summed E-state index contributed by atoms with van der Waals surface area (Å²) in [5.41, 5.74) is 25.5. The Morgan fingerprint density at radius 3 is 2.35 bits per heavy atom. The highest BCUT2D eigenvalue weighted by molar-refractivity contribution is 5.71. The molecular weight excluding hydrogens is 338 g/mol. The Morgan fingerprint density at radius 1 is 0.885 bits per heavy atom. The fourth-order valence-electron chi connectivity index (χ4n) is 2.54. The van der Waals surface area contributed by atoms with Crippen molar-refractivity contribution in [2.45, 2.75) is 6.42 Å². The molecule has 4 rings (SSSR count). The molecule has 0 unspecified atom stereocenters. The second-order valence-corrected chi connectivity index (χ2v) is 5.47. The lowest BCUT2D eigenvalue weighted by atomic mass is 10.1. The number of anilines is 4. The van der Waals surface area contributed by atoms with E-state index in [9.17, 15) is 0 Å². The number of hydrogen-bond acceptors (Lipinski definition) is 10. The fraction of sp³-hybridized carbons (Fsp3) is 0.0714. The normalized spacial score (nSPS) is 11.1. The van der Waals surface area contributed by atoms with Crippen LogP contribution in [0.4, 0.5) is 23.5 Å². The molecule has 0 radical (unpaired) electrons. The molecule has 12 nitrogen and oxygen atoms in total. The number of ether oxygens (including phenoxy) is 1. The maximum Gasteiger partial charge on any atom is 0.265 e. The summed E-state index contributed by atoms with van der Waals surface area (Å²) in [4.78, 5) is 26.2. The average Bonchev–Trinajstić information content (AvgIpc) is 3.23. The Kier molecular flexibility index (Phi) is 3.42. The molecular formula is C14H15N11O. The topological polar surface area (TPSA) is 209 Å². The third kappa shape index (κ3) is 2.64. The Balaban J connectivity index is 1.71. The molecule has 2 aliphatic rings. The molecule has 0 saturated carbocycles. The first kappa shape index (κ1) is 15.4. The van der Waals surface area contributed by atoms with Crippen LogP contribution in [0.2, 0.25) is 0 Å². The molecule has 2 aromatic rings. The number of nitrogen functional groups attached to an aromatic ring is 4. The number of fused-ring (bicyclic) bond motifs is 1. The smallest absolute Gasteiger partial charge is 0.265 e. The van der Waals surface area contributed by atoms with E-state index >= 15 is 0 Å². The van der Waals surface area contributed by atoms with Gasteiger partial charge in [0.1, 0.15) is 12.1 Å². The second-order valence-electron chi connectivity index (χ2n) is 5.47. The standard InChI is InChI=1S/C14H15N11O/c15-9-8(22-13(17)23-9)1-7-5-2-19-3-6(5)11(21-4-20-7)26-12-10(16)24-14(18)25-12/h2-4H,1,15-16H2,(H3,17,22,23)(H3,18,24,25). The van der Waals surface area contributed by atoms with E-state index in [1.165, 1.54) is 6.33 Å². The quantitative estimate of drug-likeness (QED) is 0.292. The summed E-state index contributed by atoms with van der Waals surface area (Å²) in [7, 11) is 0. The van der Waals surface area contributed by atoms with Gasteiger partial charge in [-0.1, -0.05) is 0 Å². The van der Waals surface area contributed by atoms with Crippen molar-refractivity contribution in [1.82, 2.24) is 34.9 Å². The van der Waals surface area contributed by atoms with E-state index in [2.05, 4.69) is 34.9 Å². The molecule has 132 valence electrons. The van der Waals surface area contributed by atoms with Gasteiger partial charge >= 0.3 is 0 Å². The van der Waals surface area contributed by atoms with Gasteiger partial charge in [-0.2, -0.15) is 9.97 Å². The van der Waals surface area contributed by atoms with E-state index in [0.717, 1.165) is 5.56 Å². The lowest BCUT2D eigenvalue weighted by Gasteiger charge is -2.04. The minimum absolute atomic E-state index is 0.121. The lowest BCUT2D eigenvalue weighted by Crippen LogP contribution is -1.97. The summed E-state index contributed by atoms with van der Waals surface area (Å²) in [5, 5.41) is 0. The second kappa shape index (κ2) is 5.77. The van der Waals surface area contributed by atoms with Gasteiger partial charge in [-0.3, -0.25) is 4.98 Å². The highest BCUT2D eigenvalue weighted by Crippen LogP contribution is 2.35. The van der Waals surface area contributed by atoms with Crippen LogP contribution in [-0.4, -0.2) is 34.9 Å². The molecule has 2 aromatic heterocycles. The van der Waals surface area contributed by atoms with Gasteiger partial charge in [0.2, 0.25) is 11.8 Å². The zero-order chi connectivity index (χ0) is 18.3. The number of aromatic amines is 2. The fourth-order valence-corrected chi connectivity index (χ4v) is 2.54. The van der Waals surface area contributed by atoms with Crippen molar-refractivity contribution in [3.63, 3.8) is 0 Å². The van der Waals surface area contributed by atoms with E-state index in [1.807, 2.05) is 0 Å². The first-order valence-electron chi connectivity index (χ1n) is 7.47. The summed E-state index contributed by atoms with van der Waals surface area (Å²) in [6.45, 7) is 0. The average molecular weight is 353 g/mol. The number of aromatic nitrogens is 7. The van der Waals surface area contributed by atoms with Crippen molar-refractivity contribution in [3.05, 3.63) is 30.1 Å². The third-order valence-electron chi connectivity index (χ3n) is 3.71. The number of nitrogens with zero attached hydrogens (tertiary/aromatic N) is 5. The monoisotopic (exact) mass is 353 g/mol. The first-order valence-corrected chi connectivity index (χ1v) is 7.47.